The first-order valence-corrected chi connectivity index (χ1v) is 12.4. The molecule has 3 aromatic carbocycles. The maximum absolute atomic E-state index is 12.9. The summed E-state index contributed by atoms with van der Waals surface area (Å²) >= 11 is 6.06. The third-order valence-corrected chi connectivity index (χ3v) is 6.61. The van der Waals surface area contributed by atoms with Gasteiger partial charge in [-0.2, -0.15) is 13.2 Å². The highest BCUT2D eigenvalue weighted by atomic mass is 35.5. The van der Waals surface area contributed by atoms with Crippen molar-refractivity contribution >= 4 is 23.3 Å². The Balaban J connectivity index is 1.35. The molecule has 5 nitrogen and oxygen atoms in total. The second-order valence-electron chi connectivity index (χ2n) is 9.13. The van der Waals surface area contributed by atoms with Gasteiger partial charge in [-0.05, 0) is 54.4 Å². The fourth-order valence-electron chi connectivity index (χ4n) is 4.13. The van der Waals surface area contributed by atoms with E-state index >= 15 is 0 Å². The second-order valence-corrected chi connectivity index (χ2v) is 9.57. The van der Waals surface area contributed by atoms with Crippen molar-refractivity contribution in [2.45, 2.75) is 25.8 Å². The standard InChI is InChI=1S/C28H29ClF3N3O2/c1-20-2-12-25(13-3-20)33-27(36)35-16-14-34(15-17-35)18-26(22-6-10-24(29)11-7-22)37-19-21-4-8-23(9-5-21)28(30,31)32/h2-13,26H,14-19H2,1H3,(H,33,36)/t26-/m1/s1. The van der Waals surface area contributed by atoms with Gasteiger partial charge in [0.1, 0.15) is 0 Å². The molecule has 0 aromatic heterocycles. The van der Waals surface area contributed by atoms with E-state index in [0.29, 0.717) is 43.3 Å². The molecule has 1 atom stereocenters. The lowest BCUT2D eigenvalue weighted by molar-refractivity contribution is -0.137. The van der Waals surface area contributed by atoms with Crippen LogP contribution in [0.15, 0.2) is 72.8 Å². The molecule has 37 heavy (non-hydrogen) atoms. The van der Waals surface area contributed by atoms with Crippen LogP contribution in [0.5, 0.6) is 0 Å². The number of hydrogen-bond donors (Lipinski definition) is 1. The smallest absolute Gasteiger partial charge is 0.368 e. The van der Waals surface area contributed by atoms with E-state index in [1.807, 2.05) is 43.3 Å². The zero-order valence-corrected chi connectivity index (χ0v) is 21.2. The van der Waals surface area contributed by atoms with Crippen LogP contribution in [-0.4, -0.2) is 48.6 Å². The number of alkyl halides is 3. The van der Waals surface area contributed by atoms with E-state index in [-0.39, 0.29) is 18.7 Å². The van der Waals surface area contributed by atoms with Crippen LogP contribution in [0.3, 0.4) is 0 Å². The van der Waals surface area contributed by atoms with Gasteiger partial charge in [0, 0.05) is 43.4 Å². The number of anilines is 1. The summed E-state index contributed by atoms with van der Waals surface area (Å²) < 4.78 is 44.8. The van der Waals surface area contributed by atoms with E-state index in [0.717, 1.165) is 28.9 Å². The van der Waals surface area contributed by atoms with Crippen molar-refractivity contribution in [3.05, 3.63) is 100 Å². The molecular weight excluding hydrogens is 503 g/mol. The molecule has 0 saturated carbocycles. The summed E-state index contributed by atoms with van der Waals surface area (Å²) in [7, 11) is 0. The van der Waals surface area contributed by atoms with Crippen molar-refractivity contribution in [1.82, 2.24) is 9.80 Å². The van der Waals surface area contributed by atoms with E-state index < -0.39 is 11.7 Å². The zero-order chi connectivity index (χ0) is 26.4. The minimum Gasteiger partial charge on any atom is -0.368 e. The molecule has 1 aliphatic heterocycles. The Morgan fingerprint density at radius 3 is 2.16 bits per heavy atom. The average molecular weight is 532 g/mol. The van der Waals surface area contributed by atoms with E-state index in [1.54, 1.807) is 17.0 Å². The quantitative estimate of drug-likeness (QED) is 0.366. The summed E-state index contributed by atoms with van der Waals surface area (Å²) in [5, 5.41) is 3.55. The summed E-state index contributed by atoms with van der Waals surface area (Å²) in [6.07, 6.45) is -4.68. The molecule has 4 rings (SSSR count). The minimum absolute atomic E-state index is 0.128. The first kappa shape index (κ1) is 27.0. The number of hydrogen-bond acceptors (Lipinski definition) is 3. The maximum atomic E-state index is 12.9. The number of benzene rings is 3. The fourth-order valence-corrected chi connectivity index (χ4v) is 4.25. The Morgan fingerprint density at radius 2 is 1.57 bits per heavy atom. The first-order valence-electron chi connectivity index (χ1n) is 12.1. The second kappa shape index (κ2) is 12.0. The molecule has 2 amide bonds. The Bertz CT molecular complexity index is 1160. The predicted molar refractivity (Wildman–Crippen MR) is 139 cm³/mol. The number of carbonyl (C=O) groups is 1. The van der Waals surface area contributed by atoms with Gasteiger partial charge in [-0.25, -0.2) is 4.79 Å². The summed E-state index contributed by atoms with van der Waals surface area (Å²) in [6.45, 7) is 5.24. The van der Waals surface area contributed by atoms with E-state index in [2.05, 4.69) is 10.2 Å². The molecule has 0 bridgehead atoms. The van der Waals surface area contributed by atoms with Crippen LogP contribution in [0.1, 0.15) is 28.4 Å². The lowest BCUT2D eigenvalue weighted by atomic mass is 10.1. The van der Waals surface area contributed by atoms with Crippen molar-refractivity contribution in [2.75, 3.05) is 38.0 Å². The Morgan fingerprint density at radius 1 is 0.946 bits per heavy atom. The van der Waals surface area contributed by atoms with Gasteiger partial charge < -0.3 is 15.0 Å². The topological polar surface area (TPSA) is 44.8 Å². The summed E-state index contributed by atoms with van der Waals surface area (Å²) in [4.78, 5) is 16.7. The largest absolute Gasteiger partial charge is 0.416 e. The third-order valence-electron chi connectivity index (χ3n) is 6.36. The number of aryl methyl sites for hydroxylation is 1. The van der Waals surface area contributed by atoms with Gasteiger partial charge in [-0.3, -0.25) is 4.90 Å². The summed E-state index contributed by atoms with van der Waals surface area (Å²) in [5.41, 5.74) is 2.79. The van der Waals surface area contributed by atoms with Gasteiger partial charge >= 0.3 is 12.2 Å². The van der Waals surface area contributed by atoms with Crippen LogP contribution in [-0.2, 0) is 17.5 Å². The van der Waals surface area contributed by atoms with Crippen LogP contribution in [0, 0.1) is 6.92 Å². The molecular formula is C28H29ClF3N3O2. The average Bonchev–Trinajstić information content (AvgIpc) is 2.88. The number of nitrogens with zero attached hydrogens (tertiary/aromatic N) is 2. The number of piperazine rings is 1. The zero-order valence-electron chi connectivity index (χ0n) is 20.5. The van der Waals surface area contributed by atoms with Crippen molar-refractivity contribution < 1.29 is 22.7 Å². The molecule has 1 saturated heterocycles. The van der Waals surface area contributed by atoms with Crippen LogP contribution in [0.25, 0.3) is 0 Å². The molecule has 196 valence electrons. The van der Waals surface area contributed by atoms with E-state index in [9.17, 15) is 18.0 Å². The highest BCUT2D eigenvalue weighted by Gasteiger charge is 2.30. The Labute approximate surface area is 219 Å². The normalized spacial score (nSPS) is 15.4. The van der Waals surface area contributed by atoms with Crippen molar-refractivity contribution in [2.24, 2.45) is 0 Å². The summed E-state index contributed by atoms with van der Waals surface area (Å²) in [6, 6.07) is 19.9. The van der Waals surface area contributed by atoms with E-state index in [4.69, 9.17) is 16.3 Å². The lowest BCUT2D eigenvalue weighted by Crippen LogP contribution is -2.50. The number of halogens is 4. The molecule has 0 unspecified atom stereocenters. The molecule has 0 spiro atoms. The fraction of sp³-hybridized carbons (Fsp3) is 0.321. The van der Waals surface area contributed by atoms with Crippen molar-refractivity contribution in [1.29, 1.82) is 0 Å². The Hall–Kier alpha value is -3.07. The van der Waals surface area contributed by atoms with Gasteiger partial charge in [0.25, 0.3) is 0 Å². The number of amides is 2. The molecule has 0 aliphatic carbocycles. The molecule has 1 heterocycles. The maximum Gasteiger partial charge on any atom is 0.416 e. The summed E-state index contributed by atoms with van der Waals surface area (Å²) in [5.74, 6) is 0. The van der Waals surface area contributed by atoms with Crippen LogP contribution in [0.2, 0.25) is 5.02 Å². The SMILES string of the molecule is Cc1ccc(NC(=O)N2CCN(C[C@@H](OCc3ccc(C(F)(F)F)cc3)c3ccc(Cl)cc3)CC2)cc1. The third kappa shape index (κ3) is 7.71. The van der Waals surface area contributed by atoms with Crippen LogP contribution < -0.4 is 5.32 Å². The number of carbonyl (C=O) groups excluding carboxylic acids is 1. The molecule has 1 N–H and O–H groups in total. The number of urea groups is 1. The number of nitrogens with one attached hydrogen (secondary N) is 1. The van der Waals surface area contributed by atoms with Crippen molar-refractivity contribution in [3.63, 3.8) is 0 Å². The number of ether oxygens (including phenoxy) is 1. The molecule has 9 heteroatoms. The highest BCUT2D eigenvalue weighted by Crippen LogP contribution is 2.30. The Kier molecular flexibility index (Phi) is 8.74. The molecule has 3 aromatic rings. The molecule has 0 radical (unpaired) electrons. The number of rotatable bonds is 7. The van der Waals surface area contributed by atoms with E-state index in [1.165, 1.54) is 12.1 Å². The van der Waals surface area contributed by atoms with Crippen molar-refractivity contribution in [3.8, 4) is 0 Å². The van der Waals surface area contributed by atoms with Gasteiger partial charge in [-0.15, -0.1) is 0 Å². The van der Waals surface area contributed by atoms with Gasteiger partial charge in [0.05, 0.1) is 18.3 Å². The van der Waals surface area contributed by atoms with Gasteiger partial charge in [0.2, 0.25) is 0 Å². The molecule has 1 fully saturated rings. The van der Waals surface area contributed by atoms with Crippen LogP contribution in [0.4, 0.5) is 23.7 Å². The van der Waals surface area contributed by atoms with Crippen LogP contribution >= 0.6 is 11.6 Å². The first-order chi connectivity index (χ1) is 17.7. The minimum atomic E-state index is -4.37. The lowest BCUT2D eigenvalue weighted by Gasteiger charge is -2.36. The van der Waals surface area contributed by atoms with Gasteiger partial charge in [-0.1, -0.05) is 53.6 Å². The highest BCUT2D eigenvalue weighted by molar-refractivity contribution is 6.30. The monoisotopic (exact) mass is 531 g/mol. The predicted octanol–water partition coefficient (Wildman–Crippen LogP) is 6.77. The molecule has 1 aliphatic rings. The van der Waals surface area contributed by atoms with Gasteiger partial charge in [0.15, 0.2) is 0 Å².